The number of hydrogen-bond donors (Lipinski definition) is 2. The van der Waals surface area contributed by atoms with Gasteiger partial charge in [-0.15, -0.1) is 0 Å². The molecule has 28 heavy (non-hydrogen) atoms. The molecule has 0 saturated carbocycles. The molecule has 2 N–H and O–H groups in total. The topological polar surface area (TPSA) is 78.4 Å². The molecule has 1 fully saturated rings. The number of aromatic nitrogens is 3. The highest BCUT2D eigenvalue weighted by molar-refractivity contribution is 5.80. The first-order valence-corrected chi connectivity index (χ1v) is 9.19. The highest BCUT2D eigenvalue weighted by Crippen LogP contribution is 2.26. The van der Waals surface area contributed by atoms with Gasteiger partial charge < -0.3 is 15.0 Å². The fraction of sp³-hybridized carbons (Fsp3) is 0.500. The van der Waals surface area contributed by atoms with Gasteiger partial charge in [0.15, 0.2) is 5.96 Å². The summed E-state index contributed by atoms with van der Waals surface area (Å²) < 4.78 is 43.7. The van der Waals surface area contributed by atoms with Crippen molar-refractivity contribution in [3.63, 3.8) is 0 Å². The van der Waals surface area contributed by atoms with Gasteiger partial charge in [0.1, 0.15) is 23.7 Å². The van der Waals surface area contributed by atoms with Crippen molar-refractivity contribution in [1.29, 1.82) is 0 Å². The van der Waals surface area contributed by atoms with Gasteiger partial charge in [-0.3, -0.25) is 5.10 Å². The van der Waals surface area contributed by atoms with Crippen molar-refractivity contribution in [3.8, 4) is 5.75 Å². The number of H-pyrrole nitrogens is 1. The van der Waals surface area contributed by atoms with Crippen LogP contribution in [-0.4, -0.2) is 52.3 Å². The zero-order chi connectivity index (χ0) is 19.9. The van der Waals surface area contributed by atoms with Crippen molar-refractivity contribution >= 4 is 5.96 Å². The van der Waals surface area contributed by atoms with E-state index in [9.17, 15) is 13.2 Å². The number of guanidine groups is 1. The second-order valence-electron chi connectivity index (χ2n) is 6.40. The van der Waals surface area contributed by atoms with Crippen molar-refractivity contribution < 1.29 is 17.9 Å². The molecular weight excluding hydrogens is 373 g/mol. The number of benzene rings is 1. The van der Waals surface area contributed by atoms with Crippen molar-refractivity contribution in [2.75, 3.05) is 19.6 Å². The van der Waals surface area contributed by atoms with Gasteiger partial charge in [0.25, 0.3) is 0 Å². The maximum Gasteiger partial charge on any atom is 0.387 e. The SMILES string of the molecule is CCNC(=NCc1c(F)cccc1OC(F)F)N1CCC(c2ncn[nH]2)CC1. The van der Waals surface area contributed by atoms with Crippen LogP contribution in [0, 0.1) is 5.82 Å². The number of nitrogens with one attached hydrogen (secondary N) is 2. The Morgan fingerprint density at radius 1 is 1.39 bits per heavy atom. The third-order valence-electron chi connectivity index (χ3n) is 4.63. The van der Waals surface area contributed by atoms with Gasteiger partial charge in [0.05, 0.1) is 12.1 Å². The van der Waals surface area contributed by atoms with Crippen LogP contribution in [0.2, 0.25) is 0 Å². The van der Waals surface area contributed by atoms with Gasteiger partial charge in [0, 0.05) is 25.6 Å². The van der Waals surface area contributed by atoms with Crippen LogP contribution < -0.4 is 10.1 Å². The van der Waals surface area contributed by atoms with Gasteiger partial charge in [-0.05, 0) is 31.9 Å². The second-order valence-corrected chi connectivity index (χ2v) is 6.40. The van der Waals surface area contributed by atoms with E-state index in [2.05, 4.69) is 35.1 Å². The van der Waals surface area contributed by atoms with Crippen LogP contribution >= 0.6 is 0 Å². The van der Waals surface area contributed by atoms with E-state index < -0.39 is 12.4 Å². The zero-order valence-corrected chi connectivity index (χ0v) is 15.5. The van der Waals surface area contributed by atoms with Crippen LogP contribution in [0.3, 0.4) is 0 Å². The fourth-order valence-electron chi connectivity index (χ4n) is 3.25. The van der Waals surface area contributed by atoms with Crippen molar-refractivity contribution in [2.24, 2.45) is 4.99 Å². The average molecular weight is 396 g/mol. The van der Waals surface area contributed by atoms with Crippen LogP contribution in [-0.2, 0) is 6.54 Å². The van der Waals surface area contributed by atoms with E-state index in [4.69, 9.17) is 0 Å². The molecular formula is C18H23F3N6O. The largest absolute Gasteiger partial charge is 0.434 e. The number of likely N-dealkylation sites (tertiary alicyclic amines) is 1. The molecule has 0 bridgehead atoms. The van der Waals surface area contributed by atoms with Crippen LogP contribution in [0.4, 0.5) is 13.2 Å². The lowest BCUT2D eigenvalue weighted by atomic mass is 9.96. The van der Waals surface area contributed by atoms with Crippen molar-refractivity contribution in [2.45, 2.75) is 38.8 Å². The van der Waals surface area contributed by atoms with Crippen LogP contribution in [0.15, 0.2) is 29.5 Å². The Bertz CT molecular complexity index is 776. The summed E-state index contributed by atoms with van der Waals surface area (Å²) in [5.41, 5.74) is 0.00903. The van der Waals surface area contributed by atoms with Gasteiger partial charge in [-0.1, -0.05) is 6.07 Å². The Labute approximate surface area is 161 Å². The predicted molar refractivity (Wildman–Crippen MR) is 97.8 cm³/mol. The number of ether oxygens (including phenoxy) is 1. The summed E-state index contributed by atoms with van der Waals surface area (Å²) in [6, 6.07) is 3.86. The maximum atomic E-state index is 14.1. The molecule has 0 spiro atoms. The summed E-state index contributed by atoms with van der Waals surface area (Å²) in [6.45, 7) is 0.944. The monoisotopic (exact) mass is 396 g/mol. The Morgan fingerprint density at radius 3 is 2.82 bits per heavy atom. The summed E-state index contributed by atoms with van der Waals surface area (Å²) in [7, 11) is 0. The Balaban J connectivity index is 1.70. The molecule has 1 aromatic carbocycles. The van der Waals surface area contributed by atoms with Crippen molar-refractivity contribution in [3.05, 3.63) is 41.7 Å². The van der Waals surface area contributed by atoms with Crippen LogP contribution in [0.25, 0.3) is 0 Å². The highest BCUT2D eigenvalue weighted by atomic mass is 19.3. The number of piperidine rings is 1. The number of halogens is 3. The van der Waals surface area contributed by atoms with E-state index in [1.54, 1.807) is 0 Å². The van der Waals surface area contributed by atoms with E-state index in [1.807, 2.05) is 6.92 Å². The molecule has 0 radical (unpaired) electrons. The number of alkyl halides is 2. The molecule has 0 aliphatic carbocycles. The summed E-state index contributed by atoms with van der Waals surface area (Å²) in [4.78, 5) is 10.7. The zero-order valence-electron chi connectivity index (χ0n) is 15.5. The maximum absolute atomic E-state index is 14.1. The first-order chi connectivity index (χ1) is 13.6. The summed E-state index contributed by atoms with van der Waals surface area (Å²) in [5, 5.41) is 9.98. The van der Waals surface area contributed by atoms with E-state index in [1.165, 1.54) is 24.5 Å². The normalized spacial score (nSPS) is 15.9. The molecule has 1 aromatic heterocycles. The smallest absolute Gasteiger partial charge is 0.387 e. The Morgan fingerprint density at radius 2 is 2.18 bits per heavy atom. The molecule has 0 atom stereocenters. The number of aliphatic imine (C=N–C) groups is 1. The molecule has 0 amide bonds. The number of rotatable bonds is 6. The standard InChI is InChI=1S/C18H23F3N6O/c1-2-22-18(27-8-6-12(7-9-27)16-24-11-25-26-16)23-10-13-14(19)4-3-5-15(13)28-17(20)21/h3-5,11-12,17H,2,6-10H2,1H3,(H,22,23)(H,24,25,26). The minimum atomic E-state index is -3.02. The van der Waals surface area contributed by atoms with Crippen molar-refractivity contribution in [1.82, 2.24) is 25.4 Å². The van der Waals surface area contributed by atoms with Gasteiger partial charge in [-0.25, -0.2) is 14.4 Å². The van der Waals surface area contributed by atoms with E-state index >= 15 is 0 Å². The number of nitrogens with zero attached hydrogens (tertiary/aromatic N) is 4. The molecule has 1 aliphatic rings. The fourth-order valence-corrected chi connectivity index (χ4v) is 3.25. The minimum absolute atomic E-state index is 0.00903. The van der Waals surface area contributed by atoms with Gasteiger partial charge >= 0.3 is 6.61 Å². The summed E-state index contributed by atoms with van der Waals surface area (Å²) in [5.74, 6) is 0.978. The lowest BCUT2D eigenvalue weighted by Crippen LogP contribution is -2.45. The van der Waals surface area contributed by atoms with Gasteiger partial charge in [-0.2, -0.15) is 13.9 Å². The Kier molecular flexibility index (Phi) is 6.72. The first kappa shape index (κ1) is 20.0. The second kappa shape index (κ2) is 9.43. The average Bonchev–Trinajstić information content (AvgIpc) is 3.21. The molecule has 0 unspecified atom stereocenters. The third kappa shape index (κ3) is 4.93. The molecule has 1 saturated heterocycles. The van der Waals surface area contributed by atoms with Crippen LogP contribution in [0.1, 0.15) is 37.1 Å². The number of aromatic amines is 1. The molecule has 2 heterocycles. The van der Waals surface area contributed by atoms with E-state index in [-0.39, 0.29) is 17.9 Å². The minimum Gasteiger partial charge on any atom is -0.434 e. The predicted octanol–water partition coefficient (Wildman–Crippen LogP) is 2.89. The number of hydrogen-bond acceptors (Lipinski definition) is 4. The molecule has 10 heteroatoms. The highest BCUT2D eigenvalue weighted by Gasteiger charge is 2.24. The third-order valence-corrected chi connectivity index (χ3v) is 4.63. The summed E-state index contributed by atoms with van der Waals surface area (Å²) in [6.07, 6.45) is 3.25. The molecule has 3 rings (SSSR count). The molecule has 7 nitrogen and oxygen atoms in total. The molecule has 152 valence electrons. The lowest BCUT2D eigenvalue weighted by Gasteiger charge is -2.33. The van der Waals surface area contributed by atoms with Gasteiger partial charge in [0.2, 0.25) is 0 Å². The Hall–Kier alpha value is -2.78. The molecule has 2 aromatic rings. The van der Waals surface area contributed by atoms with E-state index in [0.717, 1.165) is 31.8 Å². The molecule has 1 aliphatic heterocycles. The first-order valence-electron chi connectivity index (χ1n) is 9.19. The summed E-state index contributed by atoms with van der Waals surface area (Å²) >= 11 is 0. The quantitative estimate of drug-likeness (QED) is 0.580. The van der Waals surface area contributed by atoms with E-state index in [0.29, 0.717) is 18.4 Å². The lowest BCUT2D eigenvalue weighted by molar-refractivity contribution is -0.0506. The van der Waals surface area contributed by atoms with Crippen LogP contribution in [0.5, 0.6) is 5.75 Å².